The van der Waals surface area contributed by atoms with E-state index in [2.05, 4.69) is 11.9 Å². The van der Waals surface area contributed by atoms with Gasteiger partial charge in [-0.05, 0) is 6.08 Å². The Morgan fingerprint density at radius 1 is 1.88 bits per heavy atom. The molecule has 0 aliphatic heterocycles. The summed E-state index contributed by atoms with van der Waals surface area (Å²) in [7, 11) is 0. The van der Waals surface area contributed by atoms with E-state index in [1.165, 1.54) is 6.08 Å². The van der Waals surface area contributed by atoms with Gasteiger partial charge in [0.2, 0.25) is 0 Å². The minimum Gasteiger partial charge on any atom is -0.381 e. The highest BCUT2D eigenvalue weighted by Gasteiger charge is 1.89. The summed E-state index contributed by atoms with van der Waals surface area (Å²) in [6.45, 7) is 3.24. The molecule has 8 heavy (non-hydrogen) atoms. The van der Waals surface area contributed by atoms with E-state index in [1.807, 2.05) is 0 Å². The van der Waals surface area contributed by atoms with Gasteiger partial charge >= 0.3 is 0 Å². The Hall–Kier alpha value is -0.670. The largest absolute Gasteiger partial charge is 0.381 e. The summed E-state index contributed by atoms with van der Waals surface area (Å²) in [6, 6.07) is 0. The number of nitrogens with one attached hydrogen (secondary N) is 1. The van der Waals surface area contributed by atoms with Crippen molar-refractivity contribution in [3.8, 4) is 0 Å². The van der Waals surface area contributed by atoms with Crippen LogP contribution in [0.3, 0.4) is 0 Å². The van der Waals surface area contributed by atoms with E-state index in [-0.39, 0.29) is 19.1 Å². The highest BCUT2D eigenvalue weighted by atomic mass is 16.3. The Morgan fingerprint density at radius 3 is 2.88 bits per heavy atom. The molecule has 46 valence electrons. The summed E-state index contributed by atoms with van der Waals surface area (Å²) in [6.07, 6.45) is 1.21. The second kappa shape index (κ2) is 4.49. The third kappa shape index (κ3) is 3.52. The fourth-order valence-electron chi connectivity index (χ4n) is 0.251. The molecule has 0 saturated carbocycles. The lowest BCUT2D eigenvalue weighted by molar-refractivity contribution is -0.114. The Balaban J connectivity index is 3.11. The van der Waals surface area contributed by atoms with Crippen LogP contribution in [0.15, 0.2) is 12.7 Å². The molecule has 0 spiro atoms. The minimum atomic E-state index is -0.167. The lowest BCUT2D eigenvalue weighted by atomic mass is 10.4. The van der Waals surface area contributed by atoms with Gasteiger partial charge in [0.15, 0.2) is 5.78 Å². The van der Waals surface area contributed by atoms with Gasteiger partial charge < -0.3 is 5.11 Å². The summed E-state index contributed by atoms with van der Waals surface area (Å²) in [5, 5.41) is 10.5. The van der Waals surface area contributed by atoms with Crippen molar-refractivity contribution in [1.29, 1.82) is 0 Å². The molecule has 0 saturated heterocycles. The fraction of sp³-hybridized carbons (Fsp3) is 0.400. The van der Waals surface area contributed by atoms with E-state index in [1.54, 1.807) is 0 Å². The first-order valence-electron chi connectivity index (χ1n) is 2.28. The molecule has 0 aromatic heterocycles. The molecule has 0 rings (SSSR count). The average molecular weight is 115 g/mol. The maximum absolute atomic E-state index is 10.3. The van der Waals surface area contributed by atoms with Crippen LogP contribution in [-0.2, 0) is 4.79 Å². The van der Waals surface area contributed by atoms with Crippen molar-refractivity contribution in [2.45, 2.75) is 0 Å². The lowest BCUT2D eigenvalue weighted by Gasteiger charge is -1.92. The molecule has 0 fully saturated rings. The maximum atomic E-state index is 10.3. The van der Waals surface area contributed by atoms with Crippen molar-refractivity contribution in [1.82, 2.24) is 5.32 Å². The highest BCUT2D eigenvalue weighted by molar-refractivity contribution is 5.90. The Morgan fingerprint density at radius 2 is 2.50 bits per heavy atom. The van der Waals surface area contributed by atoms with E-state index in [0.717, 1.165) is 0 Å². The van der Waals surface area contributed by atoms with Crippen molar-refractivity contribution in [3.63, 3.8) is 0 Å². The molecule has 3 nitrogen and oxygen atoms in total. The van der Waals surface area contributed by atoms with Gasteiger partial charge in [0.05, 0.1) is 13.3 Å². The van der Waals surface area contributed by atoms with Crippen LogP contribution < -0.4 is 5.32 Å². The summed E-state index contributed by atoms with van der Waals surface area (Å²) < 4.78 is 0. The SMILES string of the molecule is C=CC(=O)CNCO. The van der Waals surface area contributed by atoms with Gasteiger partial charge in [-0.1, -0.05) is 6.58 Å². The summed E-state index contributed by atoms with van der Waals surface area (Å²) in [5.41, 5.74) is 0. The monoisotopic (exact) mass is 115 g/mol. The fourth-order valence-corrected chi connectivity index (χ4v) is 0.251. The topological polar surface area (TPSA) is 49.3 Å². The van der Waals surface area contributed by atoms with Crippen LogP contribution in [0.4, 0.5) is 0 Å². The molecule has 0 aromatic carbocycles. The second-order valence-electron chi connectivity index (χ2n) is 1.26. The normalized spacial score (nSPS) is 8.62. The number of aliphatic hydroxyl groups excluding tert-OH is 1. The van der Waals surface area contributed by atoms with E-state index in [0.29, 0.717) is 0 Å². The van der Waals surface area contributed by atoms with Gasteiger partial charge in [-0.2, -0.15) is 0 Å². The van der Waals surface area contributed by atoms with Crippen molar-refractivity contribution >= 4 is 5.78 Å². The average Bonchev–Trinajstić information content (AvgIpc) is 1.83. The molecular formula is C5H9NO2. The molecule has 0 aromatic rings. The van der Waals surface area contributed by atoms with Crippen LogP contribution in [0.2, 0.25) is 0 Å². The molecule has 0 bridgehead atoms. The minimum absolute atomic E-state index is 0.112. The van der Waals surface area contributed by atoms with Crippen molar-refractivity contribution in [2.24, 2.45) is 0 Å². The first-order valence-corrected chi connectivity index (χ1v) is 2.28. The van der Waals surface area contributed by atoms with Crippen LogP contribution in [-0.4, -0.2) is 24.2 Å². The summed E-state index contributed by atoms with van der Waals surface area (Å²) in [4.78, 5) is 10.3. The molecule has 3 heteroatoms. The third-order valence-electron chi connectivity index (χ3n) is 0.639. The zero-order valence-electron chi connectivity index (χ0n) is 4.55. The van der Waals surface area contributed by atoms with Crippen molar-refractivity contribution < 1.29 is 9.90 Å². The molecule has 0 heterocycles. The Bertz CT molecular complexity index is 90.4. The quantitative estimate of drug-likeness (QED) is 0.375. The van der Waals surface area contributed by atoms with E-state index >= 15 is 0 Å². The van der Waals surface area contributed by atoms with Crippen LogP contribution in [0.5, 0.6) is 0 Å². The Kier molecular flexibility index (Phi) is 4.11. The Labute approximate surface area is 48.0 Å². The smallest absolute Gasteiger partial charge is 0.168 e. The van der Waals surface area contributed by atoms with Crippen molar-refractivity contribution in [3.05, 3.63) is 12.7 Å². The van der Waals surface area contributed by atoms with Gasteiger partial charge in [0.25, 0.3) is 0 Å². The molecule has 0 atom stereocenters. The predicted molar refractivity (Wildman–Crippen MR) is 30.3 cm³/mol. The molecule has 0 aliphatic rings. The van der Waals surface area contributed by atoms with Gasteiger partial charge in [-0.3, -0.25) is 10.1 Å². The number of carbonyl (C=O) groups is 1. The number of hydrogen-bond donors (Lipinski definition) is 2. The van der Waals surface area contributed by atoms with Crippen LogP contribution in [0, 0.1) is 0 Å². The van der Waals surface area contributed by atoms with E-state index in [4.69, 9.17) is 5.11 Å². The molecule has 0 radical (unpaired) electrons. The first-order chi connectivity index (χ1) is 3.81. The number of ketones is 1. The second-order valence-corrected chi connectivity index (χ2v) is 1.26. The van der Waals surface area contributed by atoms with Gasteiger partial charge in [-0.15, -0.1) is 0 Å². The third-order valence-corrected chi connectivity index (χ3v) is 0.639. The molecule has 0 unspecified atom stereocenters. The lowest BCUT2D eigenvalue weighted by Crippen LogP contribution is -2.21. The number of rotatable bonds is 4. The predicted octanol–water partition coefficient (Wildman–Crippen LogP) is -0.719. The summed E-state index contributed by atoms with van der Waals surface area (Å²) >= 11 is 0. The highest BCUT2D eigenvalue weighted by Crippen LogP contribution is 1.66. The van der Waals surface area contributed by atoms with Gasteiger partial charge in [0.1, 0.15) is 0 Å². The van der Waals surface area contributed by atoms with E-state index in [9.17, 15) is 4.79 Å². The van der Waals surface area contributed by atoms with Gasteiger partial charge in [0, 0.05) is 0 Å². The number of carbonyl (C=O) groups excluding carboxylic acids is 1. The molecule has 0 amide bonds. The zero-order valence-corrected chi connectivity index (χ0v) is 4.55. The number of aliphatic hydroxyl groups is 1. The maximum Gasteiger partial charge on any atom is 0.168 e. The van der Waals surface area contributed by atoms with Crippen molar-refractivity contribution in [2.75, 3.05) is 13.3 Å². The van der Waals surface area contributed by atoms with E-state index < -0.39 is 0 Å². The first kappa shape index (κ1) is 7.33. The molecule has 2 N–H and O–H groups in total. The van der Waals surface area contributed by atoms with Crippen LogP contribution in [0.1, 0.15) is 0 Å². The summed E-state index contributed by atoms with van der Waals surface area (Å²) in [5.74, 6) is -0.112. The zero-order chi connectivity index (χ0) is 6.41. The standard InChI is InChI=1S/C5H9NO2/c1-2-5(8)3-6-4-7/h2,6-7H,1,3-4H2. The van der Waals surface area contributed by atoms with Crippen LogP contribution >= 0.6 is 0 Å². The van der Waals surface area contributed by atoms with Gasteiger partial charge in [-0.25, -0.2) is 0 Å². The van der Waals surface area contributed by atoms with Crippen LogP contribution in [0.25, 0.3) is 0 Å². The molecular weight excluding hydrogens is 106 g/mol. The number of hydrogen-bond acceptors (Lipinski definition) is 3. The molecule has 0 aliphatic carbocycles.